The number of rotatable bonds is 6. The number of thioether (sulfide) groups is 1. The predicted molar refractivity (Wildman–Crippen MR) is 114 cm³/mol. The topological polar surface area (TPSA) is 98.9 Å². The Morgan fingerprint density at radius 2 is 1.87 bits per heavy atom. The zero-order valence-electron chi connectivity index (χ0n) is 16.7. The average Bonchev–Trinajstić information content (AvgIpc) is 3.25. The van der Waals surface area contributed by atoms with E-state index in [0.29, 0.717) is 18.2 Å². The highest BCUT2D eigenvalue weighted by Gasteiger charge is 2.47. The van der Waals surface area contributed by atoms with Gasteiger partial charge in [0.05, 0.1) is 16.0 Å². The van der Waals surface area contributed by atoms with Crippen LogP contribution in [0.15, 0.2) is 53.3 Å². The van der Waals surface area contributed by atoms with E-state index in [-0.39, 0.29) is 5.57 Å². The lowest BCUT2D eigenvalue weighted by Gasteiger charge is -2.38. The van der Waals surface area contributed by atoms with Crippen LogP contribution in [0.5, 0.6) is 0 Å². The van der Waals surface area contributed by atoms with E-state index in [4.69, 9.17) is 4.98 Å². The summed E-state index contributed by atoms with van der Waals surface area (Å²) >= 11 is 1.36. The number of carbonyl (C=O) groups is 2. The second kappa shape index (κ2) is 8.25. The second-order valence-corrected chi connectivity index (χ2v) is 9.13. The number of aromatic nitrogens is 2. The van der Waals surface area contributed by atoms with Crippen molar-refractivity contribution < 1.29 is 19.8 Å². The first-order valence-corrected chi connectivity index (χ1v) is 10.6. The third kappa shape index (κ3) is 4.14. The molecule has 1 aromatic carbocycles. The van der Waals surface area contributed by atoms with Gasteiger partial charge in [-0.1, -0.05) is 42.1 Å². The Morgan fingerprint density at radius 3 is 2.47 bits per heavy atom. The van der Waals surface area contributed by atoms with Gasteiger partial charge in [-0.25, -0.2) is 14.6 Å². The normalized spacial score (nSPS) is 22.8. The molecule has 0 aliphatic carbocycles. The number of carboxylic acids is 2. The molecule has 0 bridgehead atoms. The van der Waals surface area contributed by atoms with E-state index in [1.54, 1.807) is 0 Å². The van der Waals surface area contributed by atoms with E-state index >= 15 is 0 Å². The molecule has 30 heavy (non-hydrogen) atoms. The molecule has 0 radical (unpaired) electrons. The summed E-state index contributed by atoms with van der Waals surface area (Å²) in [5.41, 5.74) is 1.72. The van der Waals surface area contributed by atoms with E-state index in [1.165, 1.54) is 11.8 Å². The number of nitrogens with zero attached hydrogens (tertiary/aromatic N) is 4. The maximum atomic E-state index is 12.1. The highest BCUT2D eigenvalue weighted by atomic mass is 32.2. The minimum absolute atomic E-state index is 0.0920. The van der Waals surface area contributed by atoms with Crippen LogP contribution in [-0.2, 0) is 16.1 Å². The van der Waals surface area contributed by atoms with Crippen LogP contribution < -0.4 is 0 Å². The van der Waals surface area contributed by atoms with Gasteiger partial charge in [-0.2, -0.15) is 0 Å². The van der Waals surface area contributed by atoms with Gasteiger partial charge in [0.2, 0.25) is 0 Å². The average molecular weight is 429 g/mol. The maximum absolute atomic E-state index is 12.1. The number of fused-ring (bicyclic) bond motifs is 1. The molecule has 0 saturated carbocycles. The fraction of sp³-hybridized carbons (Fsp3) is 0.381. The highest BCUT2D eigenvalue weighted by molar-refractivity contribution is 8.01. The lowest BCUT2D eigenvalue weighted by molar-refractivity contribution is -0.135. The van der Waals surface area contributed by atoms with Crippen molar-refractivity contribution >= 4 is 23.7 Å². The molecule has 9 heteroatoms. The summed E-state index contributed by atoms with van der Waals surface area (Å²) in [5, 5.41) is 19.9. The van der Waals surface area contributed by atoms with Gasteiger partial charge in [-0.05, 0) is 7.05 Å². The zero-order valence-corrected chi connectivity index (χ0v) is 17.5. The van der Waals surface area contributed by atoms with Crippen LogP contribution in [0.25, 0.3) is 11.3 Å². The molecule has 2 aliphatic rings. The molecule has 0 amide bonds. The lowest BCUT2D eigenvalue weighted by Crippen LogP contribution is -2.51. The first kappa shape index (κ1) is 20.6. The molecule has 2 N–H and O–H groups in total. The van der Waals surface area contributed by atoms with E-state index < -0.39 is 16.7 Å². The molecule has 0 spiro atoms. The van der Waals surface area contributed by atoms with Crippen LogP contribution in [0.2, 0.25) is 0 Å². The number of aliphatic carboxylic acids is 2. The lowest BCUT2D eigenvalue weighted by atomic mass is 9.95. The number of benzene rings is 1. The largest absolute Gasteiger partial charge is 0.478 e. The minimum Gasteiger partial charge on any atom is -0.478 e. The van der Waals surface area contributed by atoms with E-state index in [9.17, 15) is 19.8 Å². The number of piperazine rings is 1. The fourth-order valence-corrected chi connectivity index (χ4v) is 5.45. The molecule has 8 nitrogen and oxygen atoms in total. The smallest absolute Gasteiger partial charge is 0.333 e. The molecule has 1 fully saturated rings. The van der Waals surface area contributed by atoms with Crippen molar-refractivity contribution in [2.75, 3.05) is 39.8 Å². The molecule has 2 aliphatic heterocycles. The summed E-state index contributed by atoms with van der Waals surface area (Å²) in [6, 6.07) is 9.80. The number of hydrogen-bond acceptors (Lipinski definition) is 6. The van der Waals surface area contributed by atoms with Crippen LogP contribution in [0.4, 0.5) is 0 Å². The van der Waals surface area contributed by atoms with Crippen LogP contribution >= 0.6 is 11.8 Å². The molecule has 1 aromatic heterocycles. The molecule has 1 unspecified atom stereocenters. The number of imidazole rings is 1. The Hall–Kier alpha value is -2.62. The molecule has 2 aromatic rings. The summed E-state index contributed by atoms with van der Waals surface area (Å²) < 4.78 is 1.04. The van der Waals surface area contributed by atoms with E-state index in [2.05, 4.69) is 16.8 Å². The standard InChI is InChI=1S/C21H24N4O4S/c1-23-7-9-24(10-8-23)13-21(16(19(28)29)11-18(26)27)14-25-12-17(22-20(25)30-21)15-5-3-2-4-6-15/h2-6,11-12H,7-10,13-14H2,1H3,(H,26,27)(H,28,29). The molecule has 1 atom stereocenters. The molecule has 158 valence electrons. The summed E-state index contributed by atoms with van der Waals surface area (Å²) in [7, 11) is 2.06. The van der Waals surface area contributed by atoms with Crippen molar-refractivity contribution in [1.29, 1.82) is 0 Å². The molecule has 3 heterocycles. The third-order valence-corrected chi connectivity index (χ3v) is 6.96. The van der Waals surface area contributed by atoms with Gasteiger partial charge in [0.15, 0.2) is 5.16 Å². The van der Waals surface area contributed by atoms with Gasteiger partial charge in [0.1, 0.15) is 0 Å². The quantitative estimate of drug-likeness (QED) is 0.672. The van der Waals surface area contributed by atoms with Gasteiger partial charge in [-0.3, -0.25) is 4.90 Å². The summed E-state index contributed by atoms with van der Waals surface area (Å²) in [6.45, 7) is 4.25. The van der Waals surface area contributed by atoms with Gasteiger partial charge in [0.25, 0.3) is 0 Å². The third-order valence-electron chi connectivity index (χ3n) is 5.59. The Balaban J connectivity index is 1.66. The number of carboxylic acid groups (broad SMARTS) is 2. The Morgan fingerprint density at radius 1 is 1.17 bits per heavy atom. The first-order valence-electron chi connectivity index (χ1n) is 9.77. The summed E-state index contributed by atoms with van der Waals surface area (Å²) in [5.74, 6) is -2.45. The molecular weight excluding hydrogens is 404 g/mol. The summed E-state index contributed by atoms with van der Waals surface area (Å²) in [6.07, 6.45) is 2.76. The molecular formula is C21H24N4O4S. The van der Waals surface area contributed by atoms with Crippen molar-refractivity contribution in [1.82, 2.24) is 19.4 Å². The monoisotopic (exact) mass is 428 g/mol. The fourth-order valence-electron chi connectivity index (χ4n) is 4.01. The van der Waals surface area contributed by atoms with Gasteiger partial charge in [-0.15, -0.1) is 0 Å². The minimum atomic E-state index is -1.25. The SMILES string of the molecule is CN1CCN(CC2(C(=CC(=O)O)C(=O)O)Cn3cc(-c4ccccc4)nc3S2)CC1. The van der Waals surface area contributed by atoms with Crippen molar-refractivity contribution in [3.8, 4) is 11.3 Å². The van der Waals surface area contributed by atoms with Crippen molar-refractivity contribution in [3.63, 3.8) is 0 Å². The van der Waals surface area contributed by atoms with Crippen LogP contribution in [0, 0.1) is 0 Å². The highest BCUT2D eigenvalue weighted by Crippen LogP contribution is 2.47. The van der Waals surface area contributed by atoms with Crippen LogP contribution in [0.1, 0.15) is 0 Å². The number of likely N-dealkylation sites (N-methyl/N-ethyl adjacent to an activating group) is 1. The Kier molecular flexibility index (Phi) is 5.68. The molecule has 1 saturated heterocycles. The van der Waals surface area contributed by atoms with Crippen LogP contribution in [-0.4, -0.2) is 86.0 Å². The summed E-state index contributed by atoms with van der Waals surface area (Å²) in [4.78, 5) is 32.6. The van der Waals surface area contributed by atoms with Gasteiger partial charge >= 0.3 is 11.9 Å². The van der Waals surface area contributed by atoms with Gasteiger partial charge in [0, 0.05) is 57.1 Å². The molecule has 4 rings (SSSR count). The van der Waals surface area contributed by atoms with E-state index in [0.717, 1.165) is 43.5 Å². The first-order chi connectivity index (χ1) is 14.4. The van der Waals surface area contributed by atoms with Crippen molar-refractivity contribution in [2.45, 2.75) is 16.4 Å². The number of hydrogen-bond donors (Lipinski definition) is 2. The Bertz CT molecular complexity index is 957. The second-order valence-electron chi connectivity index (χ2n) is 7.78. The van der Waals surface area contributed by atoms with Crippen molar-refractivity contribution in [3.05, 3.63) is 48.2 Å². The maximum Gasteiger partial charge on any atom is 0.333 e. The van der Waals surface area contributed by atoms with E-state index in [1.807, 2.05) is 41.1 Å². The van der Waals surface area contributed by atoms with Gasteiger partial charge < -0.3 is 19.7 Å². The van der Waals surface area contributed by atoms with Crippen molar-refractivity contribution in [2.24, 2.45) is 0 Å². The van der Waals surface area contributed by atoms with Crippen LogP contribution in [0.3, 0.4) is 0 Å². The zero-order chi connectivity index (χ0) is 21.3. The Labute approximate surface area is 178 Å². The predicted octanol–water partition coefficient (Wildman–Crippen LogP) is 1.74.